The van der Waals surface area contributed by atoms with Crippen molar-refractivity contribution in [2.45, 2.75) is 12.6 Å². The number of rotatable bonds is 2. The normalized spacial score (nSPS) is 18.5. The third kappa shape index (κ3) is 3.06. The van der Waals surface area contributed by atoms with Gasteiger partial charge in [-0.1, -0.05) is 11.6 Å². The van der Waals surface area contributed by atoms with E-state index < -0.39 is 0 Å². The summed E-state index contributed by atoms with van der Waals surface area (Å²) in [5, 5.41) is 0.715. The zero-order valence-electron chi connectivity index (χ0n) is 10.5. The second-order valence-electron chi connectivity index (χ2n) is 4.56. The van der Waals surface area contributed by atoms with E-state index in [2.05, 4.69) is 11.9 Å². The number of hydrogen-bond donors (Lipinski definition) is 0. The maximum absolute atomic E-state index is 6.01. The van der Waals surface area contributed by atoms with Gasteiger partial charge in [-0.3, -0.25) is 4.90 Å². The average molecular weight is 300 g/mol. The molecule has 1 atom stereocenters. The molecule has 0 saturated heterocycles. The molecule has 19 heavy (non-hydrogen) atoms. The van der Waals surface area contributed by atoms with E-state index in [1.54, 1.807) is 6.26 Å². The smallest absolute Gasteiger partial charge is 0.140 e. The van der Waals surface area contributed by atoms with Crippen molar-refractivity contribution in [3.05, 3.63) is 52.9 Å². The van der Waals surface area contributed by atoms with Crippen molar-refractivity contribution in [1.82, 2.24) is 4.90 Å². The van der Waals surface area contributed by atoms with Gasteiger partial charge in [0.25, 0.3) is 0 Å². The molecule has 2 heterocycles. The van der Waals surface area contributed by atoms with Crippen LogP contribution in [-0.2, 0) is 6.54 Å². The molecule has 0 amide bonds. The van der Waals surface area contributed by atoms with Gasteiger partial charge in [-0.25, -0.2) is 0 Å². The molecule has 1 aliphatic heterocycles. The van der Waals surface area contributed by atoms with Crippen LogP contribution in [0.2, 0.25) is 5.02 Å². The lowest BCUT2D eigenvalue weighted by Gasteiger charge is -2.29. The van der Waals surface area contributed by atoms with Crippen molar-refractivity contribution in [3.8, 4) is 5.75 Å². The van der Waals surface area contributed by atoms with Crippen LogP contribution in [0.4, 0.5) is 0 Å². The highest BCUT2D eigenvalue weighted by Crippen LogP contribution is 2.31. The predicted molar refractivity (Wildman–Crippen MR) is 77.1 cm³/mol. The van der Waals surface area contributed by atoms with Crippen LogP contribution in [0.15, 0.2) is 41.0 Å². The lowest BCUT2D eigenvalue weighted by Crippen LogP contribution is -2.32. The summed E-state index contributed by atoms with van der Waals surface area (Å²) in [6.07, 6.45) is 1.74. The molecule has 0 saturated carbocycles. The molecule has 0 bridgehead atoms. The first-order valence-electron chi connectivity index (χ1n) is 5.89. The molecule has 3 nitrogen and oxygen atoms in total. The molecular weight excluding hydrogens is 285 g/mol. The molecule has 0 spiro atoms. The minimum Gasteiger partial charge on any atom is -0.484 e. The summed E-state index contributed by atoms with van der Waals surface area (Å²) in [6.45, 7) is 1.69. The first-order chi connectivity index (χ1) is 8.72. The van der Waals surface area contributed by atoms with Crippen molar-refractivity contribution in [1.29, 1.82) is 0 Å². The SMILES string of the molecule is CN1Cc2occc2C(Oc2ccc(Cl)cc2)C1.Cl. The number of ether oxygens (including phenoxy) is 1. The van der Waals surface area contributed by atoms with Gasteiger partial charge in [0.05, 0.1) is 12.8 Å². The monoisotopic (exact) mass is 299 g/mol. The zero-order chi connectivity index (χ0) is 12.5. The summed E-state index contributed by atoms with van der Waals surface area (Å²) in [5.41, 5.74) is 1.14. The highest BCUT2D eigenvalue weighted by Gasteiger charge is 2.27. The third-order valence-electron chi connectivity index (χ3n) is 3.11. The third-order valence-corrected chi connectivity index (χ3v) is 3.36. The molecule has 0 fully saturated rings. The lowest BCUT2D eigenvalue weighted by molar-refractivity contribution is 0.120. The number of fused-ring (bicyclic) bond motifs is 1. The molecule has 0 N–H and O–H groups in total. The first kappa shape index (κ1) is 14.3. The fourth-order valence-corrected chi connectivity index (χ4v) is 2.36. The first-order valence-corrected chi connectivity index (χ1v) is 6.27. The highest BCUT2D eigenvalue weighted by atomic mass is 35.5. The zero-order valence-corrected chi connectivity index (χ0v) is 12.1. The van der Waals surface area contributed by atoms with Crippen LogP contribution in [0.1, 0.15) is 17.4 Å². The van der Waals surface area contributed by atoms with Crippen LogP contribution in [0.25, 0.3) is 0 Å². The fraction of sp³-hybridized carbons (Fsp3) is 0.286. The predicted octanol–water partition coefficient (Wildman–Crippen LogP) is 3.92. The molecule has 1 unspecified atom stereocenters. The van der Waals surface area contributed by atoms with Crippen molar-refractivity contribution < 1.29 is 9.15 Å². The summed E-state index contributed by atoms with van der Waals surface area (Å²) in [6, 6.07) is 9.43. The molecular formula is C14H15Cl2NO2. The van der Waals surface area contributed by atoms with E-state index in [4.69, 9.17) is 20.8 Å². The Morgan fingerprint density at radius 1 is 1.26 bits per heavy atom. The second kappa shape index (κ2) is 5.87. The summed E-state index contributed by atoms with van der Waals surface area (Å²) < 4.78 is 11.5. The van der Waals surface area contributed by atoms with Gasteiger partial charge >= 0.3 is 0 Å². The number of halogens is 2. The number of hydrogen-bond acceptors (Lipinski definition) is 3. The van der Waals surface area contributed by atoms with Crippen molar-refractivity contribution >= 4 is 24.0 Å². The summed E-state index contributed by atoms with van der Waals surface area (Å²) >= 11 is 5.86. The topological polar surface area (TPSA) is 25.6 Å². The second-order valence-corrected chi connectivity index (χ2v) is 4.99. The number of furan rings is 1. The Hall–Kier alpha value is -1.16. The molecule has 1 aromatic carbocycles. The van der Waals surface area contributed by atoms with Crippen LogP contribution in [0.5, 0.6) is 5.75 Å². The van der Waals surface area contributed by atoms with E-state index in [9.17, 15) is 0 Å². The summed E-state index contributed by atoms with van der Waals surface area (Å²) in [5.74, 6) is 1.81. The maximum Gasteiger partial charge on any atom is 0.140 e. The van der Waals surface area contributed by atoms with Gasteiger partial charge in [0.2, 0.25) is 0 Å². The Morgan fingerprint density at radius 3 is 2.74 bits per heavy atom. The largest absolute Gasteiger partial charge is 0.484 e. The van der Waals surface area contributed by atoms with E-state index in [1.807, 2.05) is 30.3 Å². The molecule has 3 rings (SSSR count). The quantitative estimate of drug-likeness (QED) is 0.840. The molecule has 1 aromatic heterocycles. The Kier molecular flexibility index (Phi) is 4.40. The van der Waals surface area contributed by atoms with E-state index in [-0.39, 0.29) is 18.5 Å². The minimum atomic E-state index is 0. The molecule has 5 heteroatoms. The molecule has 0 aliphatic carbocycles. The highest BCUT2D eigenvalue weighted by molar-refractivity contribution is 6.30. The Bertz CT molecular complexity index is 539. The standard InChI is InChI=1S/C14H14ClNO2.ClH/c1-16-8-13-12(6-7-17-13)14(9-16)18-11-4-2-10(15)3-5-11;/h2-7,14H,8-9H2,1H3;1H. The van der Waals surface area contributed by atoms with Gasteiger partial charge < -0.3 is 9.15 Å². The molecule has 0 radical (unpaired) electrons. The minimum absolute atomic E-state index is 0. The molecule has 102 valence electrons. The van der Waals surface area contributed by atoms with E-state index >= 15 is 0 Å². The van der Waals surface area contributed by atoms with Crippen molar-refractivity contribution in [2.75, 3.05) is 13.6 Å². The average Bonchev–Trinajstić information content (AvgIpc) is 2.80. The van der Waals surface area contributed by atoms with Crippen LogP contribution in [-0.4, -0.2) is 18.5 Å². The lowest BCUT2D eigenvalue weighted by atomic mass is 10.1. The maximum atomic E-state index is 6.01. The fourth-order valence-electron chi connectivity index (χ4n) is 2.24. The van der Waals surface area contributed by atoms with Gasteiger partial charge in [-0.2, -0.15) is 0 Å². The Balaban J connectivity index is 0.00000133. The van der Waals surface area contributed by atoms with E-state index in [1.165, 1.54) is 0 Å². The van der Waals surface area contributed by atoms with Gasteiger partial charge in [0.15, 0.2) is 0 Å². The van der Waals surface area contributed by atoms with Crippen LogP contribution in [0, 0.1) is 0 Å². The summed E-state index contributed by atoms with van der Waals surface area (Å²) in [7, 11) is 2.06. The van der Waals surface area contributed by atoms with E-state index in [0.29, 0.717) is 5.02 Å². The Morgan fingerprint density at radius 2 is 2.00 bits per heavy atom. The van der Waals surface area contributed by atoms with Gasteiger partial charge in [0.1, 0.15) is 17.6 Å². The number of likely N-dealkylation sites (N-methyl/N-ethyl adjacent to an activating group) is 1. The van der Waals surface area contributed by atoms with Crippen LogP contribution >= 0.6 is 24.0 Å². The van der Waals surface area contributed by atoms with Crippen LogP contribution in [0.3, 0.4) is 0 Å². The van der Waals surface area contributed by atoms with Gasteiger partial charge in [-0.05, 0) is 37.4 Å². The number of benzene rings is 1. The van der Waals surface area contributed by atoms with Gasteiger partial charge in [0, 0.05) is 17.1 Å². The van der Waals surface area contributed by atoms with Crippen molar-refractivity contribution in [2.24, 2.45) is 0 Å². The van der Waals surface area contributed by atoms with Crippen molar-refractivity contribution in [3.63, 3.8) is 0 Å². The van der Waals surface area contributed by atoms with Crippen LogP contribution < -0.4 is 4.74 Å². The molecule has 1 aliphatic rings. The van der Waals surface area contributed by atoms with Gasteiger partial charge in [-0.15, -0.1) is 12.4 Å². The Labute approximate surface area is 123 Å². The van der Waals surface area contributed by atoms with E-state index in [0.717, 1.165) is 30.2 Å². The summed E-state index contributed by atoms with van der Waals surface area (Å²) in [4.78, 5) is 2.19. The number of nitrogens with zero attached hydrogens (tertiary/aromatic N) is 1. The molecule has 2 aromatic rings.